The molecule has 2 N–H and O–H groups in total. The number of rotatable bonds is 9. The summed E-state index contributed by atoms with van der Waals surface area (Å²) in [5, 5.41) is 11.5. The lowest BCUT2D eigenvalue weighted by Gasteiger charge is -2.25. The number of hydrogen-bond acceptors (Lipinski definition) is 5. The number of ether oxygens (including phenoxy) is 1. The van der Waals surface area contributed by atoms with Crippen LogP contribution < -0.4 is 5.32 Å². The molecule has 1 atom stereocenters. The summed E-state index contributed by atoms with van der Waals surface area (Å²) < 4.78 is 31.7. The van der Waals surface area contributed by atoms with Crippen molar-refractivity contribution >= 4 is 21.9 Å². The molecule has 1 unspecified atom stereocenters. The Bertz CT molecular complexity index is 770. The molecular formula is C18H24N2O6S. The normalized spacial score (nSPS) is 16.4. The highest BCUT2D eigenvalue weighted by atomic mass is 32.2. The predicted molar refractivity (Wildman–Crippen MR) is 99.0 cm³/mol. The van der Waals surface area contributed by atoms with Crippen LogP contribution in [0.25, 0.3) is 0 Å². The van der Waals surface area contributed by atoms with E-state index in [1.807, 2.05) is 0 Å². The molecule has 148 valence electrons. The van der Waals surface area contributed by atoms with Gasteiger partial charge in [-0.2, -0.15) is 4.31 Å². The maximum absolute atomic E-state index is 12.6. The average Bonchev–Trinajstić information content (AvgIpc) is 2.68. The molecule has 0 aromatic heterocycles. The first-order valence-corrected chi connectivity index (χ1v) is 10.1. The number of carboxylic acids is 1. The second kappa shape index (κ2) is 9.63. The summed E-state index contributed by atoms with van der Waals surface area (Å²) in [6.45, 7) is 4.42. The van der Waals surface area contributed by atoms with Crippen molar-refractivity contribution in [3.05, 3.63) is 42.5 Å². The Balaban J connectivity index is 2.05. The van der Waals surface area contributed by atoms with E-state index >= 15 is 0 Å². The van der Waals surface area contributed by atoms with E-state index in [1.54, 1.807) is 0 Å². The lowest BCUT2D eigenvalue weighted by molar-refractivity contribution is -0.140. The lowest BCUT2D eigenvalue weighted by atomic mass is 10.2. The molecule has 0 radical (unpaired) electrons. The Morgan fingerprint density at radius 2 is 1.85 bits per heavy atom. The van der Waals surface area contributed by atoms with Crippen LogP contribution in [0.1, 0.15) is 29.6 Å². The molecule has 1 fully saturated rings. The van der Waals surface area contributed by atoms with Crippen LogP contribution in [0.5, 0.6) is 0 Å². The van der Waals surface area contributed by atoms with Crippen molar-refractivity contribution in [3.63, 3.8) is 0 Å². The number of hydrogen-bond donors (Lipinski definition) is 2. The molecule has 1 aromatic carbocycles. The van der Waals surface area contributed by atoms with Crippen molar-refractivity contribution in [2.75, 3.05) is 26.3 Å². The Morgan fingerprint density at radius 3 is 2.41 bits per heavy atom. The summed E-state index contributed by atoms with van der Waals surface area (Å²) in [5.41, 5.74) is 0.169. The zero-order valence-electron chi connectivity index (χ0n) is 15.0. The molecule has 0 aliphatic carbocycles. The number of nitrogens with one attached hydrogen (secondary N) is 1. The van der Waals surface area contributed by atoms with Crippen LogP contribution in [-0.4, -0.2) is 62.1 Å². The molecule has 1 aromatic rings. The van der Waals surface area contributed by atoms with Crippen LogP contribution >= 0.6 is 0 Å². The third kappa shape index (κ3) is 5.62. The Hall–Kier alpha value is -2.23. The highest BCUT2D eigenvalue weighted by Crippen LogP contribution is 2.20. The van der Waals surface area contributed by atoms with Gasteiger partial charge in [-0.05, 0) is 37.1 Å². The maximum atomic E-state index is 12.6. The first kappa shape index (κ1) is 21.1. The van der Waals surface area contributed by atoms with Crippen LogP contribution in [0.15, 0.2) is 41.8 Å². The Kier molecular flexibility index (Phi) is 7.52. The van der Waals surface area contributed by atoms with E-state index in [4.69, 9.17) is 9.84 Å². The number of nitrogens with zero attached hydrogens (tertiary/aromatic N) is 1. The minimum Gasteiger partial charge on any atom is -0.480 e. The van der Waals surface area contributed by atoms with E-state index in [9.17, 15) is 18.0 Å². The summed E-state index contributed by atoms with van der Waals surface area (Å²) in [7, 11) is -3.58. The largest absolute Gasteiger partial charge is 0.480 e. The van der Waals surface area contributed by atoms with E-state index < -0.39 is 27.9 Å². The number of amides is 1. The van der Waals surface area contributed by atoms with Gasteiger partial charge in [-0.3, -0.25) is 4.79 Å². The summed E-state index contributed by atoms with van der Waals surface area (Å²) in [4.78, 5) is 23.6. The van der Waals surface area contributed by atoms with Gasteiger partial charge in [0.25, 0.3) is 5.91 Å². The number of carbonyl (C=O) groups excluding carboxylic acids is 1. The van der Waals surface area contributed by atoms with Gasteiger partial charge in [0.05, 0.1) is 18.1 Å². The first-order valence-electron chi connectivity index (χ1n) is 8.69. The van der Waals surface area contributed by atoms with E-state index in [1.165, 1.54) is 34.6 Å². The lowest BCUT2D eigenvalue weighted by Crippen LogP contribution is -2.44. The summed E-state index contributed by atoms with van der Waals surface area (Å²) in [6, 6.07) is 4.26. The van der Waals surface area contributed by atoms with Crippen LogP contribution in [-0.2, 0) is 19.6 Å². The van der Waals surface area contributed by atoms with Gasteiger partial charge >= 0.3 is 5.97 Å². The molecule has 1 aliphatic heterocycles. The molecule has 1 heterocycles. The second-order valence-electron chi connectivity index (χ2n) is 6.18. The Labute approximate surface area is 158 Å². The van der Waals surface area contributed by atoms with E-state index in [-0.39, 0.29) is 23.7 Å². The zero-order valence-corrected chi connectivity index (χ0v) is 15.8. The monoisotopic (exact) mass is 396 g/mol. The predicted octanol–water partition coefficient (Wildman–Crippen LogP) is 1.25. The molecule has 0 spiro atoms. The topological polar surface area (TPSA) is 113 Å². The van der Waals surface area contributed by atoms with Gasteiger partial charge in [-0.1, -0.05) is 12.5 Å². The van der Waals surface area contributed by atoms with Crippen molar-refractivity contribution < 1.29 is 27.9 Å². The Morgan fingerprint density at radius 1 is 1.22 bits per heavy atom. The molecule has 9 heteroatoms. The maximum Gasteiger partial charge on any atom is 0.328 e. The van der Waals surface area contributed by atoms with Gasteiger partial charge in [-0.15, -0.1) is 6.58 Å². The van der Waals surface area contributed by atoms with Crippen LogP contribution in [0.3, 0.4) is 0 Å². The summed E-state index contributed by atoms with van der Waals surface area (Å²) in [5.74, 6) is -1.84. The molecule has 2 rings (SSSR count). The molecule has 0 saturated carbocycles. The van der Waals surface area contributed by atoms with E-state index in [2.05, 4.69) is 11.9 Å². The van der Waals surface area contributed by atoms with Gasteiger partial charge in [0, 0.05) is 18.7 Å². The molecule has 27 heavy (non-hydrogen) atoms. The third-order valence-electron chi connectivity index (χ3n) is 4.19. The minimum atomic E-state index is -3.58. The van der Waals surface area contributed by atoms with Crippen LogP contribution in [0.4, 0.5) is 0 Å². The van der Waals surface area contributed by atoms with Crippen LogP contribution in [0.2, 0.25) is 0 Å². The van der Waals surface area contributed by atoms with Gasteiger partial charge in [0.1, 0.15) is 0 Å². The standard InChI is InChI=1S/C18H24N2O6S/c1-2-12-26-13-16(18(22)23)19-17(21)14-6-8-15(9-7-14)27(24,25)20-10-4-3-5-11-20/h2,6-9,16H,1,3-5,10-13H2,(H,19,21)(H,22,23). The zero-order chi connectivity index (χ0) is 19.9. The average molecular weight is 396 g/mol. The number of carboxylic acid groups (broad SMARTS) is 1. The molecule has 8 nitrogen and oxygen atoms in total. The van der Waals surface area contributed by atoms with E-state index in [0.29, 0.717) is 13.1 Å². The molecular weight excluding hydrogens is 372 g/mol. The van der Waals surface area contributed by atoms with Crippen molar-refractivity contribution in [1.82, 2.24) is 9.62 Å². The highest BCUT2D eigenvalue weighted by molar-refractivity contribution is 7.89. The van der Waals surface area contributed by atoms with Crippen molar-refractivity contribution in [2.24, 2.45) is 0 Å². The van der Waals surface area contributed by atoms with Crippen molar-refractivity contribution in [1.29, 1.82) is 0 Å². The minimum absolute atomic E-state index is 0.116. The van der Waals surface area contributed by atoms with Crippen molar-refractivity contribution in [2.45, 2.75) is 30.2 Å². The van der Waals surface area contributed by atoms with Gasteiger partial charge in [0.2, 0.25) is 10.0 Å². The summed E-state index contributed by atoms with van der Waals surface area (Å²) in [6.07, 6.45) is 4.17. The molecule has 1 aliphatic rings. The van der Waals surface area contributed by atoms with Gasteiger partial charge < -0.3 is 15.2 Å². The smallest absolute Gasteiger partial charge is 0.328 e. The fraction of sp³-hybridized carbons (Fsp3) is 0.444. The fourth-order valence-corrected chi connectivity index (χ4v) is 4.24. The fourth-order valence-electron chi connectivity index (χ4n) is 2.72. The first-order chi connectivity index (χ1) is 12.9. The molecule has 0 bridgehead atoms. The number of benzene rings is 1. The quantitative estimate of drug-likeness (QED) is 0.480. The number of aliphatic carboxylic acids is 1. The molecule has 1 saturated heterocycles. The van der Waals surface area contributed by atoms with Gasteiger partial charge in [-0.25, -0.2) is 13.2 Å². The van der Waals surface area contributed by atoms with Crippen molar-refractivity contribution in [3.8, 4) is 0 Å². The number of carbonyl (C=O) groups is 2. The number of sulfonamides is 1. The molecule has 1 amide bonds. The number of piperidine rings is 1. The van der Waals surface area contributed by atoms with Gasteiger partial charge in [0.15, 0.2) is 6.04 Å². The second-order valence-corrected chi connectivity index (χ2v) is 8.12. The highest BCUT2D eigenvalue weighted by Gasteiger charge is 2.26. The van der Waals surface area contributed by atoms with Crippen LogP contribution in [0, 0.1) is 0 Å². The van der Waals surface area contributed by atoms with E-state index in [0.717, 1.165) is 19.3 Å². The SMILES string of the molecule is C=CCOCC(NC(=O)c1ccc(S(=O)(=O)N2CCCCC2)cc1)C(=O)O. The third-order valence-corrected chi connectivity index (χ3v) is 6.11. The summed E-state index contributed by atoms with van der Waals surface area (Å²) >= 11 is 0.